The van der Waals surface area contributed by atoms with Crippen LogP contribution in [0, 0.1) is 24.0 Å². The standard InChI is InChI=1S/C16H18N4O7S/c1-8-12(15(22)26-3)14(28-13(8)16(23)27-4)18-11(21)5-6-19-9(2)10(7-17-19)20(24)25/h7H,5-6H2,1-4H3,(H,18,21). The molecule has 0 unspecified atom stereocenters. The molecular weight excluding hydrogens is 392 g/mol. The van der Waals surface area contributed by atoms with E-state index in [4.69, 9.17) is 4.74 Å². The molecule has 2 aromatic heterocycles. The van der Waals surface area contributed by atoms with Crippen molar-refractivity contribution in [3.05, 3.63) is 38.0 Å². The highest BCUT2D eigenvalue weighted by Gasteiger charge is 2.26. The predicted octanol–water partition coefficient (Wildman–Crippen LogP) is 2.07. The lowest BCUT2D eigenvalue weighted by atomic mass is 10.1. The second-order valence-corrected chi connectivity index (χ2v) is 6.66. The fraction of sp³-hybridized carbons (Fsp3) is 0.375. The smallest absolute Gasteiger partial charge is 0.348 e. The Bertz CT molecular complexity index is 947. The van der Waals surface area contributed by atoms with Gasteiger partial charge in [0.1, 0.15) is 21.8 Å². The number of methoxy groups -OCH3 is 2. The monoisotopic (exact) mass is 410 g/mol. The van der Waals surface area contributed by atoms with E-state index >= 15 is 0 Å². The molecular formula is C16H18N4O7S. The SMILES string of the molecule is COC(=O)c1sc(NC(=O)CCn2ncc([N+](=O)[O-])c2C)c(C(=O)OC)c1C. The lowest BCUT2D eigenvalue weighted by molar-refractivity contribution is -0.385. The summed E-state index contributed by atoms with van der Waals surface area (Å²) in [6.45, 7) is 3.19. The number of aryl methyl sites for hydroxylation is 1. The van der Waals surface area contributed by atoms with Crippen LogP contribution in [0.1, 0.15) is 37.7 Å². The van der Waals surface area contributed by atoms with Crippen LogP contribution in [0.2, 0.25) is 0 Å². The zero-order valence-corrected chi connectivity index (χ0v) is 16.4. The first-order chi connectivity index (χ1) is 13.2. The van der Waals surface area contributed by atoms with E-state index in [1.54, 1.807) is 6.92 Å². The fourth-order valence-electron chi connectivity index (χ4n) is 2.47. The number of hydrogen-bond acceptors (Lipinski definition) is 9. The van der Waals surface area contributed by atoms with Crippen molar-refractivity contribution < 1.29 is 28.8 Å². The summed E-state index contributed by atoms with van der Waals surface area (Å²) in [6, 6.07) is 0. The Morgan fingerprint density at radius 2 is 1.89 bits per heavy atom. The summed E-state index contributed by atoms with van der Waals surface area (Å²) >= 11 is 0.905. The highest BCUT2D eigenvalue weighted by Crippen LogP contribution is 2.34. The van der Waals surface area contributed by atoms with E-state index in [9.17, 15) is 24.5 Å². The molecule has 12 heteroatoms. The van der Waals surface area contributed by atoms with Crippen LogP contribution in [0.15, 0.2) is 6.20 Å². The molecule has 1 amide bonds. The Morgan fingerprint density at radius 1 is 1.25 bits per heavy atom. The molecule has 0 aromatic carbocycles. The molecule has 0 aliphatic rings. The van der Waals surface area contributed by atoms with Crippen LogP contribution >= 0.6 is 11.3 Å². The van der Waals surface area contributed by atoms with Crippen molar-refractivity contribution in [2.24, 2.45) is 0 Å². The van der Waals surface area contributed by atoms with Gasteiger partial charge in [-0.1, -0.05) is 0 Å². The van der Waals surface area contributed by atoms with Gasteiger partial charge in [-0.15, -0.1) is 11.3 Å². The average molecular weight is 410 g/mol. The van der Waals surface area contributed by atoms with Gasteiger partial charge in [-0.2, -0.15) is 5.10 Å². The maximum absolute atomic E-state index is 12.3. The molecule has 150 valence electrons. The molecule has 1 N–H and O–H groups in total. The highest BCUT2D eigenvalue weighted by atomic mass is 32.1. The van der Waals surface area contributed by atoms with E-state index in [0.717, 1.165) is 17.5 Å². The van der Waals surface area contributed by atoms with E-state index in [0.29, 0.717) is 11.3 Å². The van der Waals surface area contributed by atoms with Crippen LogP contribution in [0.25, 0.3) is 0 Å². The molecule has 0 radical (unpaired) electrons. The van der Waals surface area contributed by atoms with Crippen molar-refractivity contribution in [3.63, 3.8) is 0 Å². The van der Waals surface area contributed by atoms with Crippen molar-refractivity contribution in [3.8, 4) is 0 Å². The Kier molecular flexibility index (Phi) is 6.46. The second kappa shape index (κ2) is 8.61. The Balaban J connectivity index is 2.18. The van der Waals surface area contributed by atoms with E-state index in [1.807, 2.05) is 0 Å². The van der Waals surface area contributed by atoms with Gasteiger partial charge in [0.05, 0.1) is 31.3 Å². The quantitative estimate of drug-likeness (QED) is 0.415. The van der Waals surface area contributed by atoms with Gasteiger partial charge < -0.3 is 14.8 Å². The lowest BCUT2D eigenvalue weighted by Gasteiger charge is -2.07. The van der Waals surface area contributed by atoms with Crippen molar-refractivity contribution in [2.75, 3.05) is 19.5 Å². The van der Waals surface area contributed by atoms with Gasteiger partial charge in [0.2, 0.25) is 5.91 Å². The molecule has 0 fully saturated rings. The zero-order valence-electron chi connectivity index (χ0n) is 15.6. The third kappa shape index (κ3) is 4.17. The van der Waals surface area contributed by atoms with Gasteiger partial charge in [0, 0.05) is 6.42 Å². The molecule has 0 saturated carbocycles. The number of ether oxygens (including phenoxy) is 2. The van der Waals surface area contributed by atoms with E-state index in [2.05, 4.69) is 15.2 Å². The summed E-state index contributed by atoms with van der Waals surface area (Å²) in [5.74, 6) is -1.79. The van der Waals surface area contributed by atoms with Crippen LogP contribution in [-0.2, 0) is 20.8 Å². The second-order valence-electron chi connectivity index (χ2n) is 5.64. The number of aromatic nitrogens is 2. The number of anilines is 1. The number of amides is 1. The van der Waals surface area contributed by atoms with E-state index in [1.165, 1.54) is 25.8 Å². The van der Waals surface area contributed by atoms with Gasteiger partial charge in [-0.3, -0.25) is 19.6 Å². The number of nitrogens with one attached hydrogen (secondary N) is 1. The van der Waals surface area contributed by atoms with E-state index < -0.39 is 22.8 Å². The normalized spacial score (nSPS) is 10.4. The van der Waals surface area contributed by atoms with Gasteiger partial charge in [0.25, 0.3) is 0 Å². The molecule has 0 aliphatic heterocycles. The summed E-state index contributed by atoms with van der Waals surface area (Å²) in [7, 11) is 2.40. The first kappa shape index (κ1) is 21.0. The summed E-state index contributed by atoms with van der Waals surface area (Å²) < 4.78 is 10.8. The minimum atomic E-state index is -0.697. The number of esters is 2. The van der Waals surface area contributed by atoms with Crippen LogP contribution in [-0.4, -0.2) is 46.8 Å². The summed E-state index contributed by atoms with van der Waals surface area (Å²) in [4.78, 5) is 46.7. The van der Waals surface area contributed by atoms with Crippen molar-refractivity contribution in [2.45, 2.75) is 26.8 Å². The minimum absolute atomic E-state index is 0.0508. The van der Waals surface area contributed by atoms with Crippen molar-refractivity contribution in [1.82, 2.24) is 9.78 Å². The molecule has 11 nitrogen and oxygen atoms in total. The Hall–Kier alpha value is -3.28. The Labute approximate surface area is 163 Å². The number of carbonyl (C=O) groups excluding carboxylic acids is 3. The fourth-order valence-corrected chi connectivity index (χ4v) is 3.60. The maximum Gasteiger partial charge on any atom is 0.348 e. The molecule has 0 aliphatic carbocycles. The van der Waals surface area contributed by atoms with Gasteiger partial charge in [0.15, 0.2) is 0 Å². The van der Waals surface area contributed by atoms with Gasteiger partial charge in [-0.25, -0.2) is 9.59 Å². The van der Waals surface area contributed by atoms with Gasteiger partial charge >= 0.3 is 17.6 Å². The Morgan fingerprint density at radius 3 is 2.43 bits per heavy atom. The summed E-state index contributed by atoms with van der Waals surface area (Å²) in [5, 5.41) is 17.5. The van der Waals surface area contributed by atoms with Crippen LogP contribution in [0.5, 0.6) is 0 Å². The number of thiophene rings is 1. The first-order valence-electron chi connectivity index (χ1n) is 7.97. The van der Waals surface area contributed by atoms with E-state index in [-0.39, 0.29) is 34.1 Å². The molecule has 0 atom stereocenters. The predicted molar refractivity (Wildman–Crippen MR) is 98.6 cm³/mol. The summed E-state index contributed by atoms with van der Waals surface area (Å²) in [6.07, 6.45) is 1.07. The molecule has 0 saturated heterocycles. The summed E-state index contributed by atoms with van der Waals surface area (Å²) in [5.41, 5.74) is 0.614. The molecule has 28 heavy (non-hydrogen) atoms. The largest absolute Gasteiger partial charge is 0.465 e. The minimum Gasteiger partial charge on any atom is -0.465 e. The molecule has 0 bridgehead atoms. The first-order valence-corrected chi connectivity index (χ1v) is 8.79. The van der Waals surface area contributed by atoms with Crippen molar-refractivity contribution in [1.29, 1.82) is 0 Å². The van der Waals surface area contributed by atoms with Crippen LogP contribution < -0.4 is 5.32 Å². The third-order valence-corrected chi connectivity index (χ3v) is 5.17. The topological polar surface area (TPSA) is 143 Å². The van der Waals surface area contributed by atoms with Crippen LogP contribution in [0.3, 0.4) is 0 Å². The van der Waals surface area contributed by atoms with Crippen LogP contribution in [0.4, 0.5) is 10.7 Å². The number of carbonyl (C=O) groups is 3. The maximum atomic E-state index is 12.3. The molecule has 2 rings (SSSR count). The number of rotatable bonds is 7. The molecule has 0 spiro atoms. The average Bonchev–Trinajstić information content (AvgIpc) is 3.18. The molecule has 2 aromatic rings. The number of nitro groups is 1. The third-order valence-electron chi connectivity index (χ3n) is 3.98. The highest BCUT2D eigenvalue weighted by molar-refractivity contribution is 7.18. The molecule has 2 heterocycles. The zero-order chi connectivity index (χ0) is 21.0. The number of hydrogen-bond donors (Lipinski definition) is 1. The lowest BCUT2D eigenvalue weighted by Crippen LogP contribution is -2.17. The van der Waals surface area contributed by atoms with Crippen molar-refractivity contribution >= 4 is 39.9 Å². The van der Waals surface area contributed by atoms with Gasteiger partial charge in [-0.05, 0) is 19.4 Å². The number of nitrogens with zero attached hydrogens (tertiary/aromatic N) is 3.